The number of halogens is 5. The lowest BCUT2D eigenvalue weighted by Crippen LogP contribution is -2.48. The van der Waals surface area contributed by atoms with E-state index in [1.165, 1.54) is 0 Å². The van der Waals surface area contributed by atoms with Crippen LogP contribution in [0.15, 0.2) is 23.1 Å². The maximum absolute atomic E-state index is 12.8. The minimum Gasteiger partial charge on any atom is -0.327 e. The number of benzene rings is 1. The van der Waals surface area contributed by atoms with Crippen LogP contribution in [0.3, 0.4) is 0 Å². The molecule has 1 aliphatic heterocycles. The van der Waals surface area contributed by atoms with Gasteiger partial charge in [0.05, 0.1) is 10.6 Å². The molecule has 10 heteroatoms. The Morgan fingerprint density at radius 1 is 1.35 bits per heavy atom. The second-order valence-corrected chi connectivity index (χ2v) is 7.75. The number of nitrogens with two attached hydrogens (primary N) is 1. The van der Waals surface area contributed by atoms with Crippen molar-refractivity contribution in [1.29, 1.82) is 0 Å². The average molecular weight is 393 g/mol. The van der Waals surface area contributed by atoms with Crippen LogP contribution in [0.1, 0.15) is 18.9 Å². The zero-order valence-corrected chi connectivity index (χ0v) is 14.6. The summed E-state index contributed by atoms with van der Waals surface area (Å²) in [4.78, 5) is -0.522. The molecule has 132 valence electrons. The highest BCUT2D eigenvalue weighted by Crippen LogP contribution is 2.35. The van der Waals surface area contributed by atoms with Gasteiger partial charge in [0, 0.05) is 19.1 Å². The molecule has 1 aromatic rings. The summed E-state index contributed by atoms with van der Waals surface area (Å²) in [5.74, 6) is -0.0758. The molecule has 1 saturated heterocycles. The van der Waals surface area contributed by atoms with Crippen LogP contribution in [0, 0.1) is 5.92 Å². The monoisotopic (exact) mass is 392 g/mol. The van der Waals surface area contributed by atoms with Crippen molar-refractivity contribution in [1.82, 2.24) is 4.31 Å². The van der Waals surface area contributed by atoms with E-state index in [2.05, 4.69) is 0 Å². The summed E-state index contributed by atoms with van der Waals surface area (Å²) in [7, 11) is -4.09. The molecular weight excluding hydrogens is 376 g/mol. The number of hydrogen-bond acceptors (Lipinski definition) is 3. The third kappa shape index (κ3) is 4.30. The fourth-order valence-corrected chi connectivity index (χ4v) is 4.42. The molecule has 2 unspecified atom stereocenters. The fourth-order valence-electron chi connectivity index (χ4n) is 2.36. The predicted molar refractivity (Wildman–Crippen MR) is 84.2 cm³/mol. The maximum Gasteiger partial charge on any atom is 0.416 e. The van der Waals surface area contributed by atoms with Gasteiger partial charge in [0.25, 0.3) is 0 Å². The lowest BCUT2D eigenvalue weighted by atomic mass is 9.96. The topological polar surface area (TPSA) is 63.4 Å². The molecule has 0 spiro atoms. The second kappa shape index (κ2) is 7.14. The fraction of sp³-hybridized carbons (Fsp3) is 0.538. The van der Waals surface area contributed by atoms with E-state index in [0.29, 0.717) is 12.5 Å². The Bertz CT molecular complexity index is 668. The average Bonchev–Trinajstić information content (AvgIpc) is 2.40. The van der Waals surface area contributed by atoms with Gasteiger partial charge in [-0.05, 0) is 30.5 Å². The summed E-state index contributed by atoms with van der Waals surface area (Å²) in [5.41, 5.74) is 4.79. The Balaban J connectivity index is 0.00000264. The molecule has 1 aromatic carbocycles. The van der Waals surface area contributed by atoms with Crippen LogP contribution in [-0.2, 0) is 16.2 Å². The Morgan fingerprint density at radius 2 is 1.96 bits per heavy atom. The third-order valence-electron chi connectivity index (χ3n) is 3.81. The van der Waals surface area contributed by atoms with Gasteiger partial charge in [-0.1, -0.05) is 18.5 Å². The first-order chi connectivity index (χ1) is 10.0. The van der Waals surface area contributed by atoms with Crippen LogP contribution in [-0.4, -0.2) is 31.9 Å². The van der Waals surface area contributed by atoms with Crippen molar-refractivity contribution in [3.63, 3.8) is 0 Å². The van der Waals surface area contributed by atoms with Gasteiger partial charge in [-0.25, -0.2) is 8.42 Å². The van der Waals surface area contributed by atoms with E-state index in [9.17, 15) is 21.6 Å². The Morgan fingerprint density at radius 3 is 2.48 bits per heavy atom. The van der Waals surface area contributed by atoms with Crippen molar-refractivity contribution >= 4 is 34.0 Å². The number of piperidine rings is 1. The number of rotatable bonds is 2. The molecule has 0 amide bonds. The van der Waals surface area contributed by atoms with Gasteiger partial charge in [0.2, 0.25) is 10.0 Å². The first-order valence-corrected chi connectivity index (χ1v) is 8.47. The van der Waals surface area contributed by atoms with E-state index in [0.717, 1.165) is 16.4 Å². The molecule has 0 saturated carbocycles. The summed E-state index contributed by atoms with van der Waals surface area (Å²) < 4.78 is 64.6. The summed E-state index contributed by atoms with van der Waals surface area (Å²) in [5, 5.41) is -0.226. The Kier molecular flexibility index (Phi) is 6.37. The summed E-state index contributed by atoms with van der Waals surface area (Å²) in [6.45, 7) is 2.14. The van der Waals surface area contributed by atoms with Crippen molar-refractivity contribution < 1.29 is 21.6 Å². The molecule has 1 aliphatic rings. The van der Waals surface area contributed by atoms with E-state index in [-0.39, 0.29) is 42.5 Å². The maximum atomic E-state index is 12.8. The molecule has 0 bridgehead atoms. The van der Waals surface area contributed by atoms with Crippen LogP contribution < -0.4 is 5.73 Å². The number of nitrogens with zero attached hydrogens (tertiary/aromatic N) is 1. The molecule has 0 aromatic heterocycles. The second-order valence-electron chi connectivity index (χ2n) is 5.44. The highest BCUT2D eigenvalue weighted by atomic mass is 35.5. The highest BCUT2D eigenvalue weighted by molar-refractivity contribution is 7.89. The standard InChI is InChI=1S/C13H16ClF3N2O2S.ClH/c1-8-7-19(5-4-11(8)18)22(20,21)12-6-9(13(15,16)17)2-3-10(12)14;/h2-3,6,8,11H,4-5,7,18H2,1H3;1H. The first-order valence-electron chi connectivity index (χ1n) is 6.66. The van der Waals surface area contributed by atoms with Gasteiger partial charge in [0.1, 0.15) is 4.90 Å². The summed E-state index contributed by atoms with van der Waals surface area (Å²) in [6.07, 6.45) is -4.18. The van der Waals surface area contributed by atoms with Crippen LogP contribution in [0.4, 0.5) is 13.2 Å². The quantitative estimate of drug-likeness (QED) is 0.840. The van der Waals surface area contributed by atoms with E-state index in [1.54, 1.807) is 6.92 Å². The van der Waals surface area contributed by atoms with Crippen molar-refractivity contribution in [3.8, 4) is 0 Å². The van der Waals surface area contributed by atoms with Gasteiger partial charge < -0.3 is 5.73 Å². The number of alkyl halides is 3. The molecule has 2 rings (SSSR count). The van der Waals surface area contributed by atoms with Crippen molar-refractivity contribution in [3.05, 3.63) is 28.8 Å². The lowest BCUT2D eigenvalue weighted by Gasteiger charge is -2.34. The van der Waals surface area contributed by atoms with Gasteiger partial charge in [-0.3, -0.25) is 0 Å². The van der Waals surface area contributed by atoms with Gasteiger partial charge in [-0.2, -0.15) is 17.5 Å². The lowest BCUT2D eigenvalue weighted by molar-refractivity contribution is -0.137. The molecular formula is C13H17Cl2F3N2O2S. The largest absolute Gasteiger partial charge is 0.416 e. The number of sulfonamides is 1. The molecule has 4 nitrogen and oxygen atoms in total. The van der Waals surface area contributed by atoms with Crippen molar-refractivity contribution in [2.75, 3.05) is 13.1 Å². The molecule has 23 heavy (non-hydrogen) atoms. The van der Waals surface area contributed by atoms with Gasteiger partial charge in [-0.15, -0.1) is 12.4 Å². The Hall–Kier alpha value is -0.540. The molecule has 0 aliphatic carbocycles. The van der Waals surface area contributed by atoms with Crippen LogP contribution >= 0.6 is 24.0 Å². The van der Waals surface area contributed by atoms with E-state index < -0.39 is 26.7 Å². The van der Waals surface area contributed by atoms with E-state index in [1.807, 2.05) is 0 Å². The highest BCUT2D eigenvalue weighted by Gasteiger charge is 2.36. The zero-order chi connectivity index (χ0) is 16.7. The normalized spacial score (nSPS) is 23.4. The molecule has 1 heterocycles. The summed E-state index contributed by atoms with van der Waals surface area (Å²) >= 11 is 5.82. The molecule has 1 fully saturated rings. The van der Waals surface area contributed by atoms with Crippen molar-refractivity contribution in [2.24, 2.45) is 11.7 Å². The van der Waals surface area contributed by atoms with E-state index >= 15 is 0 Å². The van der Waals surface area contributed by atoms with Gasteiger partial charge >= 0.3 is 6.18 Å². The Labute approximate surface area is 144 Å². The minimum atomic E-state index is -4.63. The molecule has 2 atom stereocenters. The molecule has 0 radical (unpaired) electrons. The smallest absolute Gasteiger partial charge is 0.327 e. The summed E-state index contributed by atoms with van der Waals surface area (Å²) in [6, 6.07) is 2.17. The van der Waals surface area contributed by atoms with Gasteiger partial charge in [0.15, 0.2) is 0 Å². The zero-order valence-electron chi connectivity index (χ0n) is 12.2. The van der Waals surface area contributed by atoms with Crippen LogP contribution in [0.25, 0.3) is 0 Å². The molecule has 2 N–H and O–H groups in total. The van der Waals surface area contributed by atoms with Crippen LogP contribution in [0.2, 0.25) is 5.02 Å². The minimum absolute atomic E-state index is 0. The third-order valence-corrected chi connectivity index (χ3v) is 6.16. The first kappa shape index (κ1) is 20.5. The van der Waals surface area contributed by atoms with Crippen molar-refractivity contribution in [2.45, 2.75) is 30.5 Å². The predicted octanol–water partition coefficient (Wildman–Crippen LogP) is 3.14. The SMILES string of the molecule is CC1CN(S(=O)(=O)c2cc(C(F)(F)F)ccc2Cl)CCC1N.Cl. The van der Waals surface area contributed by atoms with E-state index in [4.69, 9.17) is 17.3 Å². The van der Waals surface area contributed by atoms with Crippen LogP contribution in [0.5, 0.6) is 0 Å². The number of hydrogen-bond donors (Lipinski definition) is 1.